The van der Waals surface area contributed by atoms with Gasteiger partial charge in [-0.05, 0) is 36.6 Å². The standard InChI is InChI=1S/C19H20FNO2/c1-2-23-19(22)16-10-15-8-9-17(20)11-18(15)21(13-16)12-14-6-4-3-5-7-14/h3-9,11,16H,2,10,12-13H2,1H3. The smallest absolute Gasteiger partial charge is 0.311 e. The summed E-state index contributed by atoms with van der Waals surface area (Å²) in [5, 5.41) is 0. The van der Waals surface area contributed by atoms with Crippen molar-refractivity contribution >= 4 is 11.7 Å². The van der Waals surface area contributed by atoms with Crippen molar-refractivity contribution in [2.45, 2.75) is 19.9 Å². The molecule has 0 amide bonds. The Balaban J connectivity index is 1.89. The van der Waals surface area contributed by atoms with Gasteiger partial charge in [0.1, 0.15) is 5.82 Å². The third-order valence-electron chi connectivity index (χ3n) is 4.13. The minimum Gasteiger partial charge on any atom is -0.466 e. The number of carbonyl (C=O) groups excluding carboxylic acids is 1. The van der Waals surface area contributed by atoms with Crippen molar-refractivity contribution in [3.8, 4) is 0 Å². The molecule has 1 atom stereocenters. The molecule has 0 spiro atoms. The predicted octanol–water partition coefficient (Wildman–Crippen LogP) is 3.57. The summed E-state index contributed by atoms with van der Waals surface area (Å²) in [5.74, 6) is -0.645. The Morgan fingerprint density at radius 1 is 1.26 bits per heavy atom. The highest BCUT2D eigenvalue weighted by atomic mass is 19.1. The first-order valence-corrected chi connectivity index (χ1v) is 7.91. The van der Waals surface area contributed by atoms with Gasteiger partial charge in [0, 0.05) is 18.8 Å². The number of halogens is 1. The highest BCUT2D eigenvalue weighted by Gasteiger charge is 2.30. The molecule has 0 aromatic heterocycles. The largest absolute Gasteiger partial charge is 0.466 e. The second-order valence-electron chi connectivity index (χ2n) is 5.79. The van der Waals surface area contributed by atoms with Gasteiger partial charge in [0.2, 0.25) is 0 Å². The lowest BCUT2D eigenvalue weighted by Gasteiger charge is -2.35. The van der Waals surface area contributed by atoms with Crippen LogP contribution < -0.4 is 4.90 Å². The van der Waals surface area contributed by atoms with E-state index in [2.05, 4.69) is 4.90 Å². The number of rotatable bonds is 4. The third-order valence-corrected chi connectivity index (χ3v) is 4.13. The van der Waals surface area contributed by atoms with E-state index >= 15 is 0 Å². The molecule has 3 nitrogen and oxygen atoms in total. The van der Waals surface area contributed by atoms with Crippen molar-refractivity contribution < 1.29 is 13.9 Å². The molecular formula is C19H20FNO2. The van der Waals surface area contributed by atoms with Gasteiger partial charge in [-0.25, -0.2) is 4.39 Å². The fraction of sp³-hybridized carbons (Fsp3) is 0.316. The van der Waals surface area contributed by atoms with E-state index in [4.69, 9.17) is 4.74 Å². The highest BCUT2D eigenvalue weighted by Crippen LogP contribution is 2.32. The van der Waals surface area contributed by atoms with Crippen LogP contribution in [0.3, 0.4) is 0 Å². The number of hydrogen-bond acceptors (Lipinski definition) is 3. The highest BCUT2D eigenvalue weighted by molar-refractivity contribution is 5.75. The number of esters is 1. The summed E-state index contributed by atoms with van der Waals surface area (Å²) in [6.07, 6.45) is 0.597. The van der Waals surface area contributed by atoms with E-state index in [0.717, 1.165) is 16.8 Å². The van der Waals surface area contributed by atoms with Crippen molar-refractivity contribution in [3.05, 3.63) is 65.5 Å². The molecule has 0 bridgehead atoms. The molecule has 1 heterocycles. The Kier molecular flexibility index (Phi) is 4.60. The lowest BCUT2D eigenvalue weighted by Crippen LogP contribution is -2.39. The van der Waals surface area contributed by atoms with E-state index in [1.165, 1.54) is 6.07 Å². The van der Waals surface area contributed by atoms with Gasteiger partial charge < -0.3 is 9.64 Å². The molecule has 2 aromatic rings. The summed E-state index contributed by atoms with van der Waals surface area (Å²) in [6.45, 7) is 3.38. The molecule has 0 N–H and O–H groups in total. The molecule has 1 aliphatic rings. The average molecular weight is 313 g/mol. The molecule has 3 rings (SSSR count). The quantitative estimate of drug-likeness (QED) is 0.808. The van der Waals surface area contributed by atoms with Crippen LogP contribution in [-0.2, 0) is 22.5 Å². The van der Waals surface area contributed by atoms with E-state index in [1.807, 2.05) is 37.3 Å². The van der Waals surface area contributed by atoms with Crippen LogP contribution in [0.4, 0.5) is 10.1 Å². The molecule has 1 unspecified atom stereocenters. The number of hydrogen-bond donors (Lipinski definition) is 0. The first kappa shape index (κ1) is 15.5. The topological polar surface area (TPSA) is 29.5 Å². The van der Waals surface area contributed by atoms with Gasteiger partial charge in [-0.15, -0.1) is 0 Å². The van der Waals surface area contributed by atoms with E-state index in [0.29, 0.717) is 26.1 Å². The van der Waals surface area contributed by atoms with Crippen LogP contribution in [0.1, 0.15) is 18.1 Å². The van der Waals surface area contributed by atoms with Crippen LogP contribution in [0, 0.1) is 11.7 Å². The molecule has 0 radical (unpaired) electrons. The fourth-order valence-corrected chi connectivity index (χ4v) is 3.07. The van der Waals surface area contributed by atoms with Crippen molar-refractivity contribution in [2.75, 3.05) is 18.1 Å². The third kappa shape index (κ3) is 3.52. The summed E-state index contributed by atoms with van der Waals surface area (Å²) >= 11 is 0. The second kappa shape index (κ2) is 6.82. The van der Waals surface area contributed by atoms with Crippen molar-refractivity contribution in [2.24, 2.45) is 5.92 Å². The van der Waals surface area contributed by atoms with Gasteiger partial charge in [-0.3, -0.25) is 4.79 Å². The molecule has 4 heteroatoms. The number of benzene rings is 2. The number of ether oxygens (including phenoxy) is 1. The summed E-state index contributed by atoms with van der Waals surface area (Å²) in [6, 6.07) is 14.8. The Morgan fingerprint density at radius 3 is 2.78 bits per heavy atom. The SMILES string of the molecule is CCOC(=O)C1Cc2ccc(F)cc2N(Cc2ccccc2)C1. The monoisotopic (exact) mass is 313 g/mol. The molecule has 23 heavy (non-hydrogen) atoms. The maximum absolute atomic E-state index is 13.7. The fourth-order valence-electron chi connectivity index (χ4n) is 3.07. The van der Waals surface area contributed by atoms with Crippen molar-refractivity contribution in [1.29, 1.82) is 0 Å². The number of nitrogens with zero attached hydrogens (tertiary/aromatic N) is 1. The van der Waals surface area contributed by atoms with E-state index < -0.39 is 0 Å². The van der Waals surface area contributed by atoms with Crippen LogP contribution >= 0.6 is 0 Å². The minimum atomic E-state index is -0.253. The van der Waals surface area contributed by atoms with E-state index in [9.17, 15) is 9.18 Å². The van der Waals surface area contributed by atoms with Gasteiger partial charge in [-0.2, -0.15) is 0 Å². The summed E-state index contributed by atoms with van der Waals surface area (Å²) in [5.41, 5.74) is 2.99. The first-order valence-electron chi connectivity index (χ1n) is 7.91. The molecule has 0 saturated carbocycles. The molecule has 2 aromatic carbocycles. The van der Waals surface area contributed by atoms with Crippen LogP contribution in [-0.4, -0.2) is 19.1 Å². The van der Waals surface area contributed by atoms with Gasteiger partial charge in [0.05, 0.1) is 12.5 Å². The number of carbonyl (C=O) groups is 1. The lowest BCUT2D eigenvalue weighted by atomic mass is 9.92. The van der Waals surface area contributed by atoms with Gasteiger partial charge >= 0.3 is 5.97 Å². The second-order valence-corrected chi connectivity index (χ2v) is 5.79. The summed E-state index contributed by atoms with van der Waals surface area (Å²) < 4.78 is 18.8. The molecule has 0 aliphatic carbocycles. The van der Waals surface area contributed by atoms with Gasteiger partial charge in [0.25, 0.3) is 0 Å². The number of anilines is 1. The Hall–Kier alpha value is -2.36. The predicted molar refractivity (Wildman–Crippen MR) is 87.7 cm³/mol. The van der Waals surface area contributed by atoms with Crippen molar-refractivity contribution in [3.63, 3.8) is 0 Å². The van der Waals surface area contributed by atoms with Crippen LogP contribution in [0.2, 0.25) is 0 Å². The molecule has 0 fully saturated rings. The lowest BCUT2D eigenvalue weighted by molar-refractivity contribution is -0.147. The zero-order chi connectivity index (χ0) is 16.2. The van der Waals surface area contributed by atoms with Crippen LogP contribution in [0.25, 0.3) is 0 Å². The Morgan fingerprint density at radius 2 is 2.04 bits per heavy atom. The normalized spacial score (nSPS) is 16.8. The number of fused-ring (bicyclic) bond motifs is 1. The Bertz CT molecular complexity index is 687. The zero-order valence-corrected chi connectivity index (χ0v) is 13.2. The van der Waals surface area contributed by atoms with E-state index in [1.54, 1.807) is 12.1 Å². The van der Waals surface area contributed by atoms with Gasteiger partial charge in [0.15, 0.2) is 0 Å². The minimum absolute atomic E-state index is 0.180. The summed E-state index contributed by atoms with van der Waals surface area (Å²) in [4.78, 5) is 14.2. The molecular weight excluding hydrogens is 293 g/mol. The first-order chi connectivity index (χ1) is 11.2. The molecule has 120 valence electrons. The average Bonchev–Trinajstić information content (AvgIpc) is 2.56. The summed E-state index contributed by atoms with van der Waals surface area (Å²) in [7, 11) is 0. The molecule has 0 saturated heterocycles. The van der Waals surface area contributed by atoms with Crippen LogP contribution in [0.5, 0.6) is 0 Å². The zero-order valence-electron chi connectivity index (χ0n) is 13.2. The van der Waals surface area contributed by atoms with Gasteiger partial charge in [-0.1, -0.05) is 36.4 Å². The maximum Gasteiger partial charge on any atom is 0.311 e. The van der Waals surface area contributed by atoms with Crippen LogP contribution in [0.15, 0.2) is 48.5 Å². The Labute approximate surface area is 135 Å². The van der Waals surface area contributed by atoms with Crippen molar-refractivity contribution in [1.82, 2.24) is 0 Å². The van der Waals surface area contributed by atoms with E-state index in [-0.39, 0.29) is 17.7 Å². The maximum atomic E-state index is 13.7. The molecule has 1 aliphatic heterocycles.